The number of hydrogen-bond acceptors (Lipinski definition) is 4. The van der Waals surface area contributed by atoms with Crippen LogP contribution in [0.25, 0.3) is 10.7 Å². The van der Waals surface area contributed by atoms with Gasteiger partial charge in [0.15, 0.2) is 10.6 Å². The SMILES string of the molecule is C[C@@H](NC(=O)Cn1c(-c2cccs2)n[nH]c1=S)c1ccc(F)cc1F. The number of aromatic amines is 1. The van der Waals surface area contributed by atoms with Crippen molar-refractivity contribution >= 4 is 29.5 Å². The van der Waals surface area contributed by atoms with Crippen LogP contribution in [-0.2, 0) is 11.3 Å². The van der Waals surface area contributed by atoms with Gasteiger partial charge < -0.3 is 5.32 Å². The number of halogens is 2. The zero-order chi connectivity index (χ0) is 18.0. The van der Waals surface area contributed by atoms with E-state index in [1.165, 1.54) is 17.4 Å². The number of hydrogen-bond donors (Lipinski definition) is 2. The predicted molar refractivity (Wildman–Crippen MR) is 93.6 cm³/mol. The summed E-state index contributed by atoms with van der Waals surface area (Å²) in [5, 5.41) is 11.4. The third-order valence-electron chi connectivity index (χ3n) is 3.61. The summed E-state index contributed by atoms with van der Waals surface area (Å²) in [5.41, 5.74) is 0.212. The molecule has 5 nitrogen and oxygen atoms in total. The zero-order valence-corrected chi connectivity index (χ0v) is 14.8. The van der Waals surface area contributed by atoms with Crippen molar-refractivity contribution in [2.45, 2.75) is 19.5 Å². The van der Waals surface area contributed by atoms with Crippen molar-refractivity contribution in [1.29, 1.82) is 0 Å². The van der Waals surface area contributed by atoms with Gasteiger partial charge in [0, 0.05) is 11.6 Å². The summed E-state index contributed by atoms with van der Waals surface area (Å²) in [5.74, 6) is -1.15. The van der Waals surface area contributed by atoms with Gasteiger partial charge in [-0.2, -0.15) is 5.10 Å². The number of carbonyl (C=O) groups is 1. The molecule has 1 atom stereocenters. The summed E-state index contributed by atoms with van der Waals surface area (Å²) in [7, 11) is 0. The maximum absolute atomic E-state index is 13.8. The van der Waals surface area contributed by atoms with Gasteiger partial charge in [-0.25, -0.2) is 8.78 Å². The average molecular weight is 380 g/mol. The molecule has 1 amide bonds. The van der Waals surface area contributed by atoms with E-state index in [0.29, 0.717) is 10.6 Å². The molecule has 0 spiro atoms. The van der Waals surface area contributed by atoms with Crippen molar-refractivity contribution < 1.29 is 13.6 Å². The lowest BCUT2D eigenvalue weighted by Gasteiger charge is -2.15. The molecule has 3 rings (SSSR count). The number of H-pyrrole nitrogens is 1. The number of carbonyl (C=O) groups excluding carboxylic acids is 1. The highest BCUT2D eigenvalue weighted by Gasteiger charge is 2.17. The molecule has 0 fully saturated rings. The van der Waals surface area contributed by atoms with Crippen molar-refractivity contribution in [2.24, 2.45) is 0 Å². The Kier molecular flexibility index (Phi) is 5.05. The molecule has 2 aromatic heterocycles. The summed E-state index contributed by atoms with van der Waals surface area (Å²) >= 11 is 6.65. The number of rotatable bonds is 5. The normalized spacial score (nSPS) is 12.1. The van der Waals surface area contributed by atoms with E-state index in [4.69, 9.17) is 12.2 Å². The minimum Gasteiger partial charge on any atom is -0.348 e. The molecule has 0 bridgehead atoms. The highest BCUT2D eigenvalue weighted by Crippen LogP contribution is 2.23. The number of thiophene rings is 1. The Morgan fingerprint density at radius 3 is 2.92 bits per heavy atom. The predicted octanol–water partition coefficient (Wildman–Crippen LogP) is 3.82. The molecule has 25 heavy (non-hydrogen) atoms. The van der Waals surface area contributed by atoms with Crippen molar-refractivity contribution in [3.05, 3.63) is 57.7 Å². The van der Waals surface area contributed by atoms with Crippen LogP contribution in [0.1, 0.15) is 18.5 Å². The van der Waals surface area contributed by atoms with E-state index in [-0.39, 0.29) is 18.0 Å². The highest BCUT2D eigenvalue weighted by atomic mass is 32.1. The third-order valence-corrected chi connectivity index (χ3v) is 4.79. The van der Waals surface area contributed by atoms with Crippen LogP contribution < -0.4 is 5.32 Å². The lowest BCUT2D eigenvalue weighted by atomic mass is 10.1. The van der Waals surface area contributed by atoms with Crippen LogP contribution in [0, 0.1) is 16.4 Å². The standard InChI is InChI=1S/C16H14F2N4OS2/c1-9(11-5-4-10(17)7-12(11)18)19-14(23)8-22-15(20-21-16(22)24)13-3-2-6-25-13/h2-7,9H,8H2,1H3,(H,19,23)(H,21,24)/t9-/m1/s1. The van der Waals surface area contributed by atoms with Crippen LogP contribution in [0.5, 0.6) is 0 Å². The summed E-state index contributed by atoms with van der Waals surface area (Å²) in [4.78, 5) is 13.2. The molecule has 2 N–H and O–H groups in total. The molecule has 0 aliphatic heterocycles. The van der Waals surface area contributed by atoms with Crippen molar-refractivity contribution in [2.75, 3.05) is 0 Å². The fourth-order valence-electron chi connectivity index (χ4n) is 2.42. The molecular weight excluding hydrogens is 366 g/mol. The Labute approximate surface area is 151 Å². The van der Waals surface area contributed by atoms with Gasteiger partial charge in [0.05, 0.1) is 10.9 Å². The van der Waals surface area contributed by atoms with Gasteiger partial charge in [-0.15, -0.1) is 11.3 Å². The van der Waals surface area contributed by atoms with E-state index >= 15 is 0 Å². The van der Waals surface area contributed by atoms with E-state index in [1.54, 1.807) is 11.5 Å². The van der Waals surface area contributed by atoms with Crippen molar-refractivity contribution in [3.63, 3.8) is 0 Å². The van der Waals surface area contributed by atoms with Gasteiger partial charge in [-0.3, -0.25) is 14.5 Å². The van der Waals surface area contributed by atoms with Crippen LogP contribution in [0.4, 0.5) is 8.78 Å². The first kappa shape index (κ1) is 17.4. The Morgan fingerprint density at radius 1 is 1.44 bits per heavy atom. The summed E-state index contributed by atoms with van der Waals surface area (Å²) in [6.07, 6.45) is 0. The largest absolute Gasteiger partial charge is 0.348 e. The molecule has 0 aliphatic carbocycles. The molecule has 0 saturated carbocycles. The Bertz CT molecular complexity index is 949. The third kappa shape index (κ3) is 3.83. The number of amides is 1. The maximum atomic E-state index is 13.8. The molecule has 0 unspecified atom stereocenters. The number of nitrogens with zero attached hydrogens (tertiary/aromatic N) is 2. The Hall–Kier alpha value is -2.39. The highest BCUT2D eigenvalue weighted by molar-refractivity contribution is 7.71. The molecule has 130 valence electrons. The van der Waals surface area contributed by atoms with Crippen molar-refractivity contribution in [1.82, 2.24) is 20.1 Å². The van der Waals surface area contributed by atoms with Crippen molar-refractivity contribution in [3.8, 4) is 10.7 Å². The molecular formula is C16H14F2N4OS2. The molecule has 0 aliphatic rings. The molecule has 2 heterocycles. The van der Waals surface area contributed by atoms with E-state index in [1.807, 2.05) is 17.5 Å². The summed E-state index contributed by atoms with van der Waals surface area (Å²) in [6, 6.07) is 6.40. The van der Waals surface area contributed by atoms with Crippen LogP contribution in [0.2, 0.25) is 0 Å². The van der Waals surface area contributed by atoms with Crippen LogP contribution >= 0.6 is 23.6 Å². The first-order chi connectivity index (χ1) is 12.0. The average Bonchev–Trinajstić information content (AvgIpc) is 3.18. The molecule has 0 radical (unpaired) electrons. The van der Waals surface area contributed by atoms with E-state index in [9.17, 15) is 13.6 Å². The minimum absolute atomic E-state index is 0.0598. The smallest absolute Gasteiger partial charge is 0.240 e. The minimum atomic E-state index is -0.702. The quantitative estimate of drug-likeness (QED) is 0.662. The van der Waals surface area contributed by atoms with Gasteiger partial charge in [0.25, 0.3) is 0 Å². The lowest BCUT2D eigenvalue weighted by Crippen LogP contribution is -2.30. The first-order valence-corrected chi connectivity index (χ1v) is 8.68. The molecule has 9 heteroatoms. The van der Waals surface area contributed by atoms with E-state index < -0.39 is 17.7 Å². The van der Waals surface area contributed by atoms with Crippen LogP contribution in [-0.4, -0.2) is 20.7 Å². The second kappa shape index (κ2) is 7.24. The topological polar surface area (TPSA) is 62.7 Å². The molecule has 0 saturated heterocycles. The molecule has 3 aromatic rings. The summed E-state index contributed by atoms with van der Waals surface area (Å²) < 4.78 is 28.7. The van der Waals surface area contributed by atoms with Gasteiger partial charge >= 0.3 is 0 Å². The van der Waals surface area contributed by atoms with E-state index in [0.717, 1.165) is 17.0 Å². The molecule has 1 aromatic carbocycles. The van der Waals surface area contributed by atoms with Gasteiger partial charge in [0.1, 0.15) is 18.2 Å². The zero-order valence-electron chi connectivity index (χ0n) is 13.1. The number of nitrogens with one attached hydrogen (secondary N) is 2. The van der Waals surface area contributed by atoms with E-state index in [2.05, 4.69) is 15.5 Å². The van der Waals surface area contributed by atoms with Crippen LogP contribution in [0.15, 0.2) is 35.7 Å². The van der Waals surface area contributed by atoms with Crippen LogP contribution in [0.3, 0.4) is 0 Å². The number of aromatic nitrogens is 3. The Morgan fingerprint density at radius 2 is 2.24 bits per heavy atom. The number of benzene rings is 1. The lowest BCUT2D eigenvalue weighted by molar-refractivity contribution is -0.122. The first-order valence-electron chi connectivity index (χ1n) is 7.39. The second-order valence-electron chi connectivity index (χ2n) is 5.37. The second-order valence-corrected chi connectivity index (χ2v) is 6.71. The Balaban J connectivity index is 1.75. The van der Waals surface area contributed by atoms with Gasteiger partial charge in [-0.1, -0.05) is 12.1 Å². The summed E-state index contributed by atoms with van der Waals surface area (Å²) in [6.45, 7) is 1.57. The maximum Gasteiger partial charge on any atom is 0.240 e. The van der Waals surface area contributed by atoms with Gasteiger partial charge in [-0.05, 0) is 36.7 Å². The fourth-order valence-corrected chi connectivity index (χ4v) is 3.34. The fraction of sp³-hybridized carbons (Fsp3) is 0.188. The monoisotopic (exact) mass is 380 g/mol. The van der Waals surface area contributed by atoms with Gasteiger partial charge in [0.2, 0.25) is 5.91 Å².